The Morgan fingerprint density at radius 1 is 1.20 bits per heavy atom. The number of amides is 1. The number of benzene rings is 2. The van der Waals surface area contributed by atoms with E-state index in [1.54, 1.807) is 12.1 Å². The third kappa shape index (κ3) is 2.56. The minimum atomic E-state index is -0.396. The number of hydrogen-bond donors (Lipinski definition) is 2. The molecule has 3 nitrogen and oxygen atoms in total. The van der Waals surface area contributed by atoms with Crippen LogP contribution >= 0.6 is 15.9 Å². The molecule has 20 heavy (non-hydrogen) atoms. The maximum atomic E-state index is 11.0. The van der Waals surface area contributed by atoms with E-state index in [2.05, 4.69) is 39.4 Å². The Labute approximate surface area is 126 Å². The van der Waals surface area contributed by atoms with Crippen molar-refractivity contribution in [1.29, 1.82) is 0 Å². The van der Waals surface area contributed by atoms with Gasteiger partial charge >= 0.3 is 0 Å². The number of rotatable bonds is 3. The standard InChI is InChI=1S/C16H15BrN2O/c17-12-4-7-14-11(9-12)3-8-15(14)19-13-5-1-10(2-6-13)16(18)20/h1-2,4-7,9,15,19H,3,8H2,(H2,18,20). The molecule has 0 aromatic heterocycles. The van der Waals surface area contributed by atoms with Crippen LogP contribution in [0.25, 0.3) is 0 Å². The van der Waals surface area contributed by atoms with Crippen LogP contribution in [0.1, 0.15) is 33.9 Å². The van der Waals surface area contributed by atoms with Gasteiger partial charge in [0.05, 0.1) is 6.04 Å². The van der Waals surface area contributed by atoms with Crippen molar-refractivity contribution in [3.63, 3.8) is 0 Å². The lowest BCUT2D eigenvalue weighted by atomic mass is 10.1. The van der Waals surface area contributed by atoms with Gasteiger partial charge in [0.15, 0.2) is 0 Å². The summed E-state index contributed by atoms with van der Waals surface area (Å²) in [7, 11) is 0. The van der Waals surface area contributed by atoms with E-state index in [0.29, 0.717) is 11.6 Å². The van der Waals surface area contributed by atoms with Crippen LogP contribution in [0.2, 0.25) is 0 Å². The van der Waals surface area contributed by atoms with Crippen LogP contribution < -0.4 is 11.1 Å². The van der Waals surface area contributed by atoms with Crippen LogP contribution in [0, 0.1) is 0 Å². The largest absolute Gasteiger partial charge is 0.378 e. The fraction of sp³-hybridized carbons (Fsp3) is 0.188. The molecule has 0 bridgehead atoms. The predicted molar refractivity (Wildman–Crippen MR) is 83.8 cm³/mol. The van der Waals surface area contributed by atoms with E-state index in [1.165, 1.54) is 11.1 Å². The molecule has 4 heteroatoms. The van der Waals surface area contributed by atoms with Gasteiger partial charge in [0.2, 0.25) is 5.91 Å². The lowest BCUT2D eigenvalue weighted by Gasteiger charge is -2.15. The number of aryl methyl sites for hydroxylation is 1. The van der Waals surface area contributed by atoms with E-state index in [-0.39, 0.29) is 0 Å². The van der Waals surface area contributed by atoms with Gasteiger partial charge in [-0.1, -0.05) is 22.0 Å². The molecule has 1 aliphatic rings. The minimum absolute atomic E-state index is 0.331. The van der Waals surface area contributed by atoms with Crippen molar-refractivity contribution >= 4 is 27.5 Å². The fourth-order valence-corrected chi connectivity index (χ4v) is 3.08. The van der Waals surface area contributed by atoms with Gasteiger partial charge in [0.1, 0.15) is 0 Å². The van der Waals surface area contributed by atoms with Crippen LogP contribution in [0.5, 0.6) is 0 Å². The van der Waals surface area contributed by atoms with E-state index in [0.717, 1.165) is 23.0 Å². The molecule has 0 spiro atoms. The Hall–Kier alpha value is -1.81. The van der Waals surface area contributed by atoms with Crippen molar-refractivity contribution in [3.05, 3.63) is 63.6 Å². The highest BCUT2D eigenvalue weighted by molar-refractivity contribution is 9.10. The first-order valence-corrected chi connectivity index (χ1v) is 7.37. The van der Waals surface area contributed by atoms with Crippen molar-refractivity contribution in [3.8, 4) is 0 Å². The van der Waals surface area contributed by atoms with Crippen LogP contribution in [-0.2, 0) is 6.42 Å². The molecular formula is C16H15BrN2O. The Balaban J connectivity index is 1.78. The van der Waals surface area contributed by atoms with Gasteiger partial charge in [-0.15, -0.1) is 0 Å². The lowest BCUT2D eigenvalue weighted by Crippen LogP contribution is -2.11. The molecule has 0 radical (unpaired) electrons. The summed E-state index contributed by atoms with van der Waals surface area (Å²) in [6.45, 7) is 0. The maximum absolute atomic E-state index is 11.0. The molecule has 0 fully saturated rings. The topological polar surface area (TPSA) is 55.1 Å². The zero-order valence-corrected chi connectivity index (χ0v) is 12.5. The van der Waals surface area contributed by atoms with E-state index < -0.39 is 5.91 Å². The number of nitrogens with one attached hydrogen (secondary N) is 1. The molecule has 3 N–H and O–H groups in total. The highest BCUT2D eigenvalue weighted by Crippen LogP contribution is 2.35. The summed E-state index contributed by atoms with van der Waals surface area (Å²) in [5, 5.41) is 3.52. The molecule has 1 aliphatic carbocycles. The molecule has 2 aromatic carbocycles. The zero-order valence-electron chi connectivity index (χ0n) is 10.9. The molecule has 0 saturated carbocycles. The first kappa shape index (κ1) is 13.2. The smallest absolute Gasteiger partial charge is 0.248 e. The van der Waals surface area contributed by atoms with Crippen LogP contribution in [-0.4, -0.2) is 5.91 Å². The number of nitrogens with two attached hydrogens (primary N) is 1. The molecule has 1 amide bonds. The number of carbonyl (C=O) groups excluding carboxylic acids is 1. The minimum Gasteiger partial charge on any atom is -0.378 e. The maximum Gasteiger partial charge on any atom is 0.248 e. The zero-order chi connectivity index (χ0) is 14.1. The van der Waals surface area contributed by atoms with E-state index in [1.807, 2.05) is 12.1 Å². The molecule has 1 atom stereocenters. The number of hydrogen-bond acceptors (Lipinski definition) is 2. The van der Waals surface area contributed by atoms with Gasteiger partial charge in [0, 0.05) is 15.7 Å². The number of carbonyl (C=O) groups is 1. The second-order valence-corrected chi connectivity index (χ2v) is 5.94. The van der Waals surface area contributed by atoms with E-state index in [9.17, 15) is 4.79 Å². The van der Waals surface area contributed by atoms with Crippen LogP contribution in [0.3, 0.4) is 0 Å². The van der Waals surface area contributed by atoms with Gasteiger partial charge in [0.25, 0.3) is 0 Å². The fourth-order valence-electron chi connectivity index (χ4n) is 2.67. The Kier molecular flexibility index (Phi) is 3.49. The molecule has 2 aromatic rings. The average Bonchev–Trinajstić information content (AvgIpc) is 2.81. The molecule has 0 saturated heterocycles. The second kappa shape index (κ2) is 5.29. The summed E-state index contributed by atoms with van der Waals surface area (Å²) in [6.07, 6.45) is 2.18. The number of fused-ring (bicyclic) bond motifs is 1. The summed E-state index contributed by atoms with van der Waals surface area (Å²) >= 11 is 3.51. The quantitative estimate of drug-likeness (QED) is 0.902. The first-order chi connectivity index (χ1) is 9.63. The van der Waals surface area contributed by atoms with Crippen molar-refractivity contribution in [2.75, 3.05) is 5.32 Å². The van der Waals surface area contributed by atoms with Gasteiger partial charge in [-0.3, -0.25) is 4.79 Å². The normalized spacial score (nSPS) is 16.8. The molecule has 102 valence electrons. The summed E-state index contributed by atoms with van der Waals surface area (Å²) in [5.74, 6) is -0.396. The van der Waals surface area contributed by atoms with Gasteiger partial charge in [-0.2, -0.15) is 0 Å². The first-order valence-electron chi connectivity index (χ1n) is 6.58. The third-order valence-corrected chi connectivity index (χ3v) is 4.19. The lowest BCUT2D eigenvalue weighted by molar-refractivity contribution is 0.100. The predicted octanol–water partition coefficient (Wildman–Crippen LogP) is 3.65. The third-order valence-electron chi connectivity index (χ3n) is 3.69. The van der Waals surface area contributed by atoms with Crippen molar-refractivity contribution in [2.45, 2.75) is 18.9 Å². The highest BCUT2D eigenvalue weighted by atomic mass is 79.9. The van der Waals surface area contributed by atoms with Gasteiger partial charge in [-0.05, 0) is 60.4 Å². The monoisotopic (exact) mass is 330 g/mol. The average molecular weight is 331 g/mol. The Morgan fingerprint density at radius 3 is 2.65 bits per heavy atom. The number of anilines is 1. The second-order valence-electron chi connectivity index (χ2n) is 5.02. The van der Waals surface area contributed by atoms with E-state index >= 15 is 0 Å². The summed E-state index contributed by atoms with van der Waals surface area (Å²) in [4.78, 5) is 11.0. The number of halogens is 1. The molecule has 0 heterocycles. The summed E-state index contributed by atoms with van der Waals surface area (Å²) < 4.78 is 1.13. The molecule has 1 unspecified atom stereocenters. The SMILES string of the molecule is NC(=O)c1ccc(NC2CCc3cc(Br)ccc32)cc1. The van der Waals surface area contributed by atoms with Crippen molar-refractivity contribution in [1.82, 2.24) is 0 Å². The van der Waals surface area contributed by atoms with E-state index in [4.69, 9.17) is 5.73 Å². The molecule has 3 rings (SSSR count). The Morgan fingerprint density at radius 2 is 1.95 bits per heavy atom. The van der Waals surface area contributed by atoms with Gasteiger partial charge < -0.3 is 11.1 Å². The number of primary amides is 1. The van der Waals surface area contributed by atoms with Crippen molar-refractivity contribution in [2.24, 2.45) is 5.73 Å². The molecule has 0 aliphatic heterocycles. The van der Waals surface area contributed by atoms with Gasteiger partial charge in [-0.25, -0.2) is 0 Å². The van der Waals surface area contributed by atoms with Crippen molar-refractivity contribution < 1.29 is 4.79 Å². The van der Waals surface area contributed by atoms with Crippen LogP contribution in [0.15, 0.2) is 46.9 Å². The highest BCUT2D eigenvalue weighted by Gasteiger charge is 2.22. The summed E-state index contributed by atoms with van der Waals surface area (Å²) in [6, 6.07) is 14.1. The molecular weight excluding hydrogens is 316 g/mol. The van der Waals surface area contributed by atoms with Crippen LogP contribution in [0.4, 0.5) is 5.69 Å². The Bertz CT molecular complexity index is 652. The summed E-state index contributed by atoms with van der Waals surface area (Å²) in [5.41, 5.74) is 9.53.